The van der Waals surface area contributed by atoms with Gasteiger partial charge in [-0.2, -0.15) is 0 Å². The average molecular weight is 383 g/mol. The van der Waals surface area contributed by atoms with Gasteiger partial charge in [-0.05, 0) is 29.8 Å². The van der Waals surface area contributed by atoms with Gasteiger partial charge in [0.2, 0.25) is 5.91 Å². The molecule has 0 aliphatic rings. The van der Waals surface area contributed by atoms with Crippen LogP contribution in [0.25, 0.3) is 0 Å². The summed E-state index contributed by atoms with van der Waals surface area (Å²) in [6.07, 6.45) is -0.00227. The quantitative estimate of drug-likeness (QED) is 0.779. The lowest BCUT2D eigenvalue weighted by Gasteiger charge is -2.10. The summed E-state index contributed by atoms with van der Waals surface area (Å²) in [6.45, 7) is 0. The van der Waals surface area contributed by atoms with Crippen LogP contribution < -0.4 is 20.3 Å². The molecule has 2 rings (SSSR count). The Morgan fingerprint density at radius 3 is 2.16 bits per heavy atom. The predicted molar refractivity (Wildman–Crippen MR) is 95.3 cm³/mol. The zero-order valence-corrected chi connectivity index (χ0v) is 15.1. The molecule has 0 aromatic heterocycles. The normalized spacial score (nSPS) is 10.1. The standard InChI is InChI=1S/C17H16Cl2N2O4/c1-24-13-5-11(6-14(9-13)25-2)17(23)21-20-16(22)7-10-3-4-12(18)8-15(10)19/h3-6,8-9H,7H2,1-2H3,(H,20,22)(H,21,23). The maximum Gasteiger partial charge on any atom is 0.269 e. The topological polar surface area (TPSA) is 76.7 Å². The van der Waals surface area contributed by atoms with Crippen molar-refractivity contribution < 1.29 is 19.1 Å². The van der Waals surface area contributed by atoms with Crippen LogP contribution >= 0.6 is 23.2 Å². The Morgan fingerprint density at radius 1 is 0.960 bits per heavy atom. The number of halogens is 2. The highest BCUT2D eigenvalue weighted by Crippen LogP contribution is 2.23. The number of nitrogens with one attached hydrogen (secondary N) is 2. The van der Waals surface area contributed by atoms with E-state index >= 15 is 0 Å². The maximum absolute atomic E-state index is 12.2. The number of hydrogen-bond donors (Lipinski definition) is 2. The fourth-order valence-corrected chi connectivity index (χ4v) is 2.49. The third kappa shape index (κ3) is 5.27. The molecule has 25 heavy (non-hydrogen) atoms. The number of carbonyl (C=O) groups excluding carboxylic acids is 2. The SMILES string of the molecule is COc1cc(OC)cc(C(=O)NNC(=O)Cc2ccc(Cl)cc2Cl)c1. The first-order valence-corrected chi connectivity index (χ1v) is 7.94. The number of carbonyl (C=O) groups is 2. The lowest BCUT2D eigenvalue weighted by Crippen LogP contribution is -2.42. The van der Waals surface area contributed by atoms with Crippen molar-refractivity contribution >= 4 is 35.0 Å². The summed E-state index contributed by atoms with van der Waals surface area (Å²) in [6, 6.07) is 9.53. The van der Waals surface area contributed by atoms with Crippen molar-refractivity contribution in [3.8, 4) is 11.5 Å². The van der Waals surface area contributed by atoms with Gasteiger partial charge < -0.3 is 9.47 Å². The van der Waals surface area contributed by atoms with Crippen LogP contribution in [0.15, 0.2) is 36.4 Å². The van der Waals surface area contributed by atoms with E-state index in [9.17, 15) is 9.59 Å². The van der Waals surface area contributed by atoms with E-state index in [-0.39, 0.29) is 12.0 Å². The molecular formula is C17H16Cl2N2O4. The van der Waals surface area contributed by atoms with Crippen molar-refractivity contribution in [2.24, 2.45) is 0 Å². The van der Waals surface area contributed by atoms with Crippen LogP contribution in [-0.4, -0.2) is 26.0 Å². The van der Waals surface area contributed by atoms with Crippen molar-refractivity contribution in [3.05, 3.63) is 57.6 Å². The summed E-state index contributed by atoms with van der Waals surface area (Å²) in [5.41, 5.74) is 5.54. The first kappa shape index (κ1) is 18.9. The average Bonchev–Trinajstić information content (AvgIpc) is 2.61. The van der Waals surface area contributed by atoms with Crippen LogP contribution in [0.4, 0.5) is 0 Å². The first-order valence-electron chi connectivity index (χ1n) is 7.19. The molecule has 2 N–H and O–H groups in total. The molecule has 0 radical (unpaired) electrons. The van der Waals surface area contributed by atoms with E-state index in [1.165, 1.54) is 26.4 Å². The van der Waals surface area contributed by atoms with Crippen LogP contribution in [0.5, 0.6) is 11.5 Å². The highest BCUT2D eigenvalue weighted by molar-refractivity contribution is 6.35. The molecule has 0 aliphatic heterocycles. The zero-order valence-electron chi connectivity index (χ0n) is 13.6. The van der Waals surface area contributed by atoms with E-state index in [1.54, 1.807) is 24.3 Å². The van der Waals surface area contributed by atoms with E-state index in [0.29, 0.717) is 27.1 Å². The summed E-state index contributed by atoms with van der Waals surface area (Å²) in [4.78, 5) is 24.1. The summed E-state index contributed by atoms with van der Waals surface area (Å²) in [5.74, 6) is -0.00673. The Kier molecular flexibility index (Phi) is 6.50. The smallest absolute Gasteiger partial charge is 0.269 e. The Labute approximate surface area is 155 Å². The van der Waals surface area contributed by atoms with Gasteiger partial charge in [-0.1, -0.05) is 29.3 Å². The number of methoxy groups -OCH3 is 2. The third-order valence-corrected chi connectivity index (χ3v) is 3.88. The molecule has 0 atom stereocenters. The van der Waals surface area contributed by atoms with Crippen molar-refractivity contribution in [2.75, 3.05) is 14.2 Å². The van der Waals surface area contributed by atoms with Gasteiger partial charge in [-0.25, -0.2) is 0 Å². The highest BCUT2D eigenvalue weighted by atomic mass is 35.5. The van der Waals surface area contributed by atoms with Gasteiger partial charge in [0, 0.05) is 21.7 Å². The molecule has 0 spiro atoms. The van der Waals surface area contributed by atoms with Gasteiger partial charge in [-0.15, -0.1) is 0 Å². The zero-order chi connectivity index (χ0) is 18.4. The Hall–Kier alpha value is -2.44. The fourth-order valence-electron chi connectivity index (χ4n) is 2.02. The van der Waals surface area contributed by atoms with Crippen LogP contribution in [0.1, 0.15) is 15.9 Å². The Bertz CT molecular complexity index is 774. The van der Waals surface area contributed by atoms with Crippen LogP contribution in [0.3, 0.4) is 0 Å². The second-order valence-corrected chi connectivity index (χ2v) is 5.86. The fraction of sp³-hybridized carbons (Fsp3) is 0.176. The van der Waals surface area contributed by atoms with Gasteiger partial charge >= 0.3 is 0 Å². The second kappa shape index (κ2) is 8.60. The molecule has 8 heteroatoms. The predicted octanol–water partition coefficient (Wildman–Crippen LogP) is 3.01. The van der Waals surface area contributed by atoms with E-state index in [4.69, 9.17) is 32.7 Å². The van der Waals surface area contributed by atoms with Crippen molar-refractivity contribution in [1.29, 1.82) is 0 Å². The molecule has 0 fully saturated rings. The monoisotopic (exact) mass is 382 g/mol. The van der Waals surface area contributed by atoms with Gasteiger partial charge in [0.25, 0.3) is 5.91 Å². The van der Waals surface area contributed by atoms with E-state index < -0.39 is 11.8 Å². The molecule has 0 unspecified atom stereocenters. The summed E-state index contributed by atoms with van der Waals surface area (Å²) >= 11 is 11.8. The lowest BCUT2D eigenvalue weighted by molar-refractivity contribution is -0.121. The largest absolute Gasteiger partial charge is 0.497 e. The second-order valence-electron chi connectivity index (χ2n) is 5.02. The molecule has 2 amide bonds. The first-order chi connectivity index (χ1) is 11.9. The highest BCUT2D eigenvalue weighted by Gasteiger charge is 2.12. The number of hydrogen-bond acceptors (Lipinski definition) is 4. The number of amides is 2. The van der Waals surface area contributed by atoms with E-state index in [2.05, 4.69) is 10.9 Å². The van der Waals surface area contributed by atoms with Crippen LogP contribution in [0.2, 0.25) is 10.0 Å². The molecule has 2 aromatic carbocycles. The molecule has 0 bridgehead atoms. The van der Waals surface area contributed by atoms with Gasteiger partial charge in [0.15, 0.2) is 0 Å². The minimum atomic E-state index is -0.507. The molecule has 0 aliphatic carbocycles. The number of rotatable bonds is 5. The molecular weight excluding hydrogens is 367 g/mol. The molecule has 0 saturated carbocycles. The molecule has 6 nitrogen and oxygen atoms in total. The lowest BCUT2D eigenvalue weighted by atomic mass is 10.1. The molecule has 132 valence electrons. The van der Waals surface area contributed by atoms with E-state index in [0.717, 1.165) is 0 Å². The molecule has 0 heterocycles. The van der Waals surface area contributed by atoms with Gasteiger partial charge in [0.1, 0.15) is 11.5 Å². The van der Waals surface area contributed by atoms with Crippen molar-refractivity contribution in [3.63, 3.8) is 0 Å². The summed E-state index contributed by atoms with van der Waals surface area (Å²) in [7, 11) is 2.96. The number of hydrazine groups is 1. The van der Waals surface area contributed by atoms with E-state index in [1.807, 2.05) is 0 Å². The summed E-state index contributed by atoms with van der Waals surface area (Å²) in [5, 5.41) is 0.862. The minimum Gasteiger partial charge on any atom is -0.497 e. The van der Waals surface area contributed by atoms with Crippen molar-refractivity contribution in [2.45, 2.75) is 6.42 Å². The molecule has 0 saturated heterocycles. The maximum atomic E-state index is 12.2. The third-order valence-electron chi connectivity index (χ3n) is 3.30. The van der Waals surface area contributed by atoms with Crippen molar-refractivity contribution in [1.82, 2.24) is 10.9 Å². The molecule has 2 aromatic rings. The number of ether oxygens (including phenoxy) is 2. The number of benzene rings is 2. The Morgan fingerprint density at radius 2 is 1.60 bits per heavy atom. The minimum absolute atomic E-state index is 0.00227. The van der Waals surface area contributed by atoms with Crippen LogP contribution in [-0.2, 0) is 11.2 Å². The van der Waals surface area contributed by atoms with Gasteiger partial charge in [-0.3, -0.25) is 20.4 Å². The summed E-state index contributed by atoms with van der Waals surface area (Å²) < 4.78 is 10.2. The van der Waals surface area contributed by atoms with Crippen LogP contribution in [0, 0.1) is 0 Å². The Balaban J connectivity index is 1.98. The van der Waals surface area contributed by atoms with Gasteiger partial charge in [0.05, 0.1) is 20.6 Å².